The fraction of sp³-hybridized carbons (Fsp3) is 1.00. The van der Waals surface area contributed by atoms with E-state index >= 15 is 0 Å². The number of hydrogen-bond acceptors (Lipinski definition) is 1. The van der Waals surface area contributed by atoms with Crippen LogP contribution in [0.5, 0.6) is 0 Å². The second-order valence-corrected chi connectivity index (χ2v) is 4.24. The molecule has 0 aliphatic heterocycles. The lowest BCUT2D eigenvalue weighted by Crippen LogP contribution is -2.19. The third-order valence-corrected chi connectivity index (χ3v) is 2.70. The second kappa shape index (κ2) is 2.54. The van der Waals surface area contributed by atoms with Gasteiger partial charge in [-0.15, -0.1) is 0 Å². The van der Waals surface area contributed by atoms with Crippen LogP contribution in [0.15, 0.2) is 0 Å². The van der Waals surface area contributed by atoms with Crippen molar-refractivity contribution in [2.75, 3.05) is 0 Å². The molecule has 0 aromatic heterocycles. The van der Waals surface area contributed by atoms with Crippen LogP contribution in [0.1, 0.15) is 40.0 Å². The summed E-state index contributed by atoms with van der Waals surface area (Å²) in [5, 5.41) is 9.61. The fourth-order valence-electron chi connectivity index (χ4n) is 1.83. The lowest BCUT2D eigenvalue weighted by Gasteiger charge is -2.17. The Morgan fingerprint density at radius 2 is 2.10 bits per heavy atom. The van der Waals surface area contributed by atoms with Crippen LogP contribution in [0.25, 0.3) is 0 Å². The van der Waals surface area contributed by atoms with E-state index in [1.165, 1.54) is 6.42 Å². The largest absolute Gasteiger partial charge is 0.390 e. The standard InChI is InChI=1S/C9H18O/c1-7(2)8-4-5-9(3,10)6-8/h7-8,10H,4-6H2,1-3H3/t8-,9-/m0/s1. The van der Waals surface area contributed by atoms with Crippen LogP contribution in [-0.2, 0) is 0 Å². The molecule has 2 atom stereocenters. The van der Waals surface area contributed by atoms with E-state index in [0.717, 1.165) is 24.7 Å². The molecule has 1 aliphatic carbocycles. The molecule has 0 bridgehead atoms. The third kappa shape index (κ3) is 1.72. The van der Waals surface area contributed by atoms with Crippen LogP contribution < -0.4 is 0 Å². The van der Waals surface area contributed by atoms with E-state index in [4.69, 9.17) is 0 Å². The Bertz CT molecular complexity index is 116. The van der Waals surface area contributed by atoms with Crippen molar-refractivity contribution < 1.29 is 5.11 Å². The van der Waals surface area contributed by atoms with Gasteiger partial charge in [-0.2, -0.15) is 0 Å². The summed E-state index contributed by atoms with van der Waals surface area (Å²) in [5.74, 6) is 1.50. The van der Waals surface area contributed by atoms with Crippen LogP contribution in [0.4, 0.5) is 0 Å². The molecule has 0 amide bonds. The van der Waals surface area contributed by atoms with Gasteiger partial charge in [-0.1, -0.05) is 13.8 Å². The fourth-order valence-corrected chi connectivity index (χ4v) is 1.83. The van der Waals surface area contributed by atoms with Gasteiger partial charge in [0.1, 0.15) is 0 Å². The normalized spacial score (nSPS) is 41.1. The SMILES string of the molecule is CC(C)[C@H]1CC[C@](C)(O)C1. The van der Waals surface area contributed by atoms with Gasteiger partial charge in [0.05, 0.1) is 5.60 Å². The number of rotatable bonds is 1. The Labute approximate surface area is 63.4 Å². The maximum absolute atomic E-state index is 9.61. The zero-order chi connectivity index (χ0) is 7.78. The first-order valence-electron chi connectivity index (χ1n) is 4.24. The van der Waals surface area contributed by atoms with E-state index in [1.807, 2.05) is 6.92 Å². The summed E-state index contributed by atoms with van der Waals surface area (Å²) >= 11 is 0. The van der Waals surface area contributed by atoms with Crippen molar-refractivity contribution >= 4 is 0 Å². The van der Waals surface area contributed by atoms with Crippen molar-refractivity contribution in [3.8, 4) is 0 Å². The molecule has 0 unspecified atom stereocenters. The lowest BCUT2D eigenvalue weighted by molar-refractivity contribution is 0.0610. The van der Waals surface area contributed by atoms with E-state index in [0.29, 0.717) is 0 Å². The van der Waals surface area contributed by atoms with Gasteiger partial charge in [-0.25, -0.2) is 0 Å². The van der Waals surface area contributed by atoms with Crippen molar-refractivity contribution in [2.24, 2.45) is 11.8 Å². The predicted molar refractivity (Wildman–Crippen MR) is 42.8 cm³/mol. The van der Waals surface area contributed by atoms with Crippen molar-refractivity contribution in [3.63, 3.8) is 0 Å². The molecule has 60 valence electrons. The van der Waals surface area contributed by atoms with E-state index in [2.05, 4.69) is 13.8 Å². The Morgan fingerprint density at radius 3 is 2.30 bits per heavy atom. The first-order valence-corrected chi connectivity index (χ1v) is 4.24. The molecule has 0 spiro atoms. The molecular formula is C9H18O. The molecule has 10 heavy (non-hydrogen) atoms. The van der Waals surface area contributed by atoms with Gasteiger partial charge in [0.25, 0.3) is 0 Å². The summed E-state index contributed by atoms with van der Waals surface area (Å²) in [4.78, 5) is 0. The first-order chi connectivity index (χ1) is 4.51. The Morgan fingerprint density at radius 1 is 1.50 bits per heavy atom. The van der Waals surface area contributed by atoms with Crippen LogP contribution in [0, 0.1) is 11.8 Å². The molecule has 1 heteroatoms. The predicted octanol–water partition coefficient (Wildman–Crippen LogP) is 2.19. The summed E-state index contributed by atoms with van der Waals surface area (Å²) in [6.07, 6.45) is 3.21. The summed E-state index contributed by atoms with van der Waals surface area (Å²) in [7, 11) is 0. The smallest absolute Gasteiger partial charge is 0.0622 e. The van der Waals surface area contributed by atoms with Gasteiger partial charge in [0, 0.05) is 0 Å². The highest BCUT2D eigenvalue weighted by atomic mass is 16.3. The average Bonchev–Trinajstić information content (AvgIpc) is 2.10. The van der Waals surface area contributed by atoms with E-state index in [1.54, 1.807) is 0 Å². The molecule has 1 nitrogen and oxygen atoms in total. The van der Waals surface area contributed by atoms with Crippen LogP contribution in [-0.4, -0.2) is 10.7 Å². The van der Waals surface area contributed by atoms with Crippen LogP contribution in [0.3, 0.4) is 0 Å². The first kappa shape index (κ1) is 8.06. The molecule has 1 fully saturated rings. The minimum Gasteiger partial charge on any atom is -0.390 e. The Kier molecular flexibility index (Phi) is 2.04. The molecule has 0 radical (unpaired) electrons. The minimum atomic E-state index is -0.352. The van der Waals surface area contributed by atoms with Gasteiger partial charge in [0.2, 0.25) is 0 Å². The zero-order valence-corrected chi connectivity index (χ0v) is 7.22. The van der Waals surface area contributed by atoms with Crippen molar-refractivity contribution in [3.05, 3.63) is 0 Å². The maximum Gasteiger partial charge on any atom is 0.0622 e. The number of hydrogen-bond donors (Lipinski definition) is 1. The highest BCUT2D eigenvalue weighted by Gasteiger charge is 2.33. The minimum absolute atomic E-state index is 0.352. The molecule has 1 N–H and O–H groups in total. The van der Waals surface area contributed by atoms with Crippen molar-refractivity contribution in [2.45, 2.75) is 45.6 Å². The highest BCUT2D eigenvalue weighted by molar-refractivity contribution is 4.86. The molecular weight excluding hydrogens is 124 g/mol. The Hall–Kier alpha value is -0.0400. The van der Waals surface area contributed by atoms with Crippen molar-refractivity contribution in [1.29, 1.82) is 0 Å². The Balaban J connectivity index is 2.43. The third-order valence-electron chi connectivity index (χ3n) is 2.70. The molecule has 1 rings (SSSR count). The average molecular weight is 142 g/mol. The van der Waals surface area contributed by atoms with Gasteiger partial charge in [-0.05, 0) is 38.0 Å². The van der Waals surface area contributed by atoms with Gasteiger partial charge in [-0.3, -0.25) is 0 Å². The van der Waals surface area contributed by atoms with Gasteiger partial charge < -0.3 is 5.11 Å². The summed E-state index contributed by atoms with van der Waals surface area (Å²) in [5.41, 5.74) is -0.352. The zero-order valence-electron chi connectivity index (χ0n) is 7.22. The van der Waals surface area contributed by atoms with Crippen LogP contribution in [0.2, 0.25) is 0 Å². The van der Waals surface area contributed by atoms with Gasteiger partial charge in [0.15, 0.2) is 0 Å². The molecule has 0 aromatic carbocycles. The summed E-state index contributed by atoms with van der Waals surface area (Å²) in [6, 6.07) is 0. The quantitative estimate of drug-likeness (QED) is 0.595. The molecule has 0 aromatic rings. The maximum atomic E-state index is 9.61. The van der Waals surface area contributed by atoms with E-state index in [9.17, 15) is 5.11 Å². The molecule has 1 saturated carbocycles. The summed E-state index contributed by atoms with van der Waals surface area (Å²) < 4.78 is 0. The summed E-state index contributed by atoms with van der Waals surface area (Å²) in [6.45, 7) is 6.44. The lowest BCUT2D eigenvalue weighted by atomic mass is 9.93. The topological polar surface area (TPSA) is 20.2 Å². The van der Waals surface area contributed by atoms with E-state index in [-0.39, 0.29) is 5.60 Å². The van der Waals surface area contributed by atoms with Gasteiger partial charge >= 0.3 is 0 Å². The van der Waals surface area contributed by atoms with E-state index < -0.39 is 0 Å². The number of aliphatic hydroxyl groups is 1. The monoisotopic (exact) mass is 142 g/mol. The molecule has 0 saturated heterocycles. The second-order valence-electron chi connectivity index (χ2n) is 4.24. The van der Waals surface area contributed by atoms with Crippen LogP contribution >= 0.6 is 0 Å². The molecule has 0 heterocycles. The molecule has 1 aliphatic rings. The van der Waals surface area contributed by atoms with Crippen molar-refractivity contribution in [1.82, 2.24) is 0 Å². The highest BCUT2D eigenvalue weighted by Crippen LogP contribution is 2.37.